The summed E-state index contributed by atoms with van der Waals surface area (Å²) in [6.45, 7) is 1.93. The number of rotatable bonds is 4. The van der Waals surface area contributed by atoms with Gasteiger partial charge in [0, 0.05) is 26.2 Å². The SMILES string of the molecule is CN(C1CCCC1)S(=O)(=O)N1CCC(CN)CC1. The van der Waals surface area contributed by atoms with E-state index in [0.717, 1.165) is 38.5 Å². The average molecular weight is 275 g/mol. The van der Waals surface area contributed by atoms with Gasteiger partial charge in [-0.2, -0.15) is 17.0 Å². The highest BCUT2D eigenvalue weighted by molar-refractivity contribution is 7.86. The molecule has 5 nitrogen and oxygen atoms in total. The first kappa shape index (κ1) is 14.2. The molecule has 2 fully saturated rings. The number of hydrogen-bond donors (Lipinski definition) is 1. The van der Waals surface area contributed by atoms with Crippen molar-refractivity contribution >= 4 is 10.2 Å². The van der Waals surface area contributed by atoms with Crippen LogP contribution in [-0.4, -0.2) is 49.8 Å². The second kappa shape index (κ2) is 5.86. The van der Waals surface area contributed by atoms with Crippen LogP contribution in [0.25, 0.3) is 0 Å². The first-order chi connectivity index (χ1) is 8.55. The van der Waals surface area contributed by atoms with Crippen molar-refractivity contribution in [3.05, 3.63) is 0 Å². The second-order valence-corrected chi connectivity index (χ2v) is 7.53. The van der Waals surface area contributed by atoms with Crippen LogP contribution in [0.5, 0.6) is 0 Å². The van der Waals surface area contributed by atoms with Gasteiger partial charge >= 0.3 is 0 Å². The van der Waals surface area contributed by atoms with Crippen LogP contribution in [0.15, 0.2) is 0 Å². The van der Waals surface area contributed by atoms with Gasteiger partial charge in [0.15, 0.2) is 0 Å². The van der Waals surface area contributed by atoms with Crippen molar-refractivity contribution in [1.82, 2.24) is 8.61 Å². The first-order valence-corrected chi connectivity index (χ1v) is 8.38. The molecule has 0 bridgehead atoms. The Hall–Kier alpha value is -0.170. The van der Waals surface area contributed by atoms with Crippen molar-refractivity contribution in [3.8, 4) is 0 Å². The minimum atomic E-state index is -3.25. The average Bonchev–Trinajstić information content (AvgIpc) is 2.91. The summed E-state index contributed by atoms with van der Waals surface area (Å²) in [5.74, 6) is 0.494. The topological polar surface area (TPSA) is 66.6 Å². The van der Waals surface area contributed by atoms with Crippen LogP contribution in [0.3, 0.4) is 0 Å². The lowest BCUT2D eigenvalue weighted by Gasteiger charge is -2.35. The number of piperidine rings is 1. The second-order valence-electron chi connectivity index (χ2n) is 5.54. The molecule has 0 radical (unpaired) electrons. The lowest BCUT2D eigenvalue weighted by Crippen LogP contribution is -2.49. The van der Waals surface area contributed by atoms with E-state index in [2.05, 4.69) is 0 Å². The quantitative estimate of drug-likeness (QED) is 0.824. The fourth-order valence-corrected chi connectivity index (χ4v) is 4.64. The summed E-state index contributed by atoms with van der Waals surface area (Å²) in [6.07, 6.45) is 6.12. The van der Waals surface area contributed by atoms with Crippen molar-refractivity contribution in [2.24, 2.45) is 11.7 Å². The van der Waals surface area contributed by atoms with E-state index >= 15 is 0 Å². The Kier molecular flexibility index (Phi) is 4.64. The van der Waals surface area contributed by atoms with Gasteiger partial charge in [-0.1, -0.05) is 12.8 Å². The minimum absolute atomic E-state index is 0.210. The third-order valence-electron chi connectivity index (χ3n) is 4.44. The van der Waals surface area contributed by atoms with Gasteiger partial charge in [0.1, 0.15) is 0 Å². The first-order valence-electron chi connectivity index (χ1n) is 6.99. The molecule has 0 aromatic rings. The fourth-order valence-electron chi connectivity index (χ4n) is 3.01. The molecule has 106 valence electrons. The molecule has 0 aromatic carbocycles. The Morgan fingerprint density at radius 1 is 1.17 bits per heavy atom. The van der Waals surface area contributed by atoms with E-state index in [9.17, 15) is 8.42 Å². The molecule has 0 amide bonds. The van der Waals surface area contributed by atoms with E-state index in [1.54, 1.807) is 15.7 Å². The molecule has 2 aliphatic rings. The zero-order chi connectivity index (χ0) is 13.2. The lowest BCUT2D eigenvalue weighted by molar-refractivity contribution is 0.252. The van der Waals surface area contributed by atoms with Crippen LogP contribution < -0.4 is 5.73 Å². The smallest absolute Gasteiger partial charge is 0.281 e. The van der Waals surface area contributed by atoms with E-state index in [4.69, 9.17) is 5.73 Å². The maximum Gasteiger partial charge on any atom is 0.281 e. The zero-order valence-corrected chi connectivity index (χ0v) is 12.0. The van der Waals surface area contributed by atoms with E-state index in [0.29, 0.717) is 25.6 Å². The molecule has 0 atom stereocenters. The monoisotopic (exact) mass is 275 g/mol. The predicted octanol–water partition coefficient (Wildman–Crippen LogP) is 0.776. The Bertz CT molecular complexity index is 358. The standard InChI is InChI=1S/C12H25N3O2S/c1-14(12-4-2-3-5-12)18(16,17)15-8-6-11(10-13)7-9-15/h11-12H,2-10,13H2,1H3. The Labute approximate surface area is 110 Å². The molecule has 1 saturated carbocycles. The third kappa shape index (κ3) is 2.87. The summed E-state index contributed by atoms with van der Waals surface area (Å²) < 4.78 is 28.2. The number of nitrogens with two attached hydrogens (primary N) is 1. The highest BCUT2D eigenvalue weighted by Crippen LogP contribution is 2.27. The summed E-state index contributed by atoms with van der Waals surface area (Å²) in [7, 11) is -1.51. The fraction of sp³-hybridized carbons (Fsp3) is 1.00. The molecule has 0 unspecified atom stereocenters. The Balaban J connectivity index is 1.98. The molecule has 1 aliphatic carbocycles. The van der Waals surface area contributed by atoms with E-state index < -0.39 is 10.2 Å². The number of hydrogen-bond acceptors (Lipinski definition) is 3. The molecule has 1 saturated heterocycles. The highest BCUT2D eigenvalue weighted by atomic mass is 32.2. The van der Waals surface area contributed by atoms with Crippen LogP contribution in [0.4, 0.5) is 0 Å². The molecule has 2 rings (SSSR count). The third-order valence-corrected chi connectivity index (χ3v) is 6.48. The maximum absolute atomic E-state index is 12.5. The van der Waals surface area contributed by atoms with Gasteiger partial charge < -0.3 is 5.73 Å². The van der Waals surface area contributed by atoms with Crippen LogP contribution in [0, 0.1) is 5.92 Å². The molecular weight excluding hydrogens is 250 g/mol. The van der Waals surface area contributed by atoms with Crippen molar-refractivity contribution in [1.29, 1.82) is 0 Å². The van der Waals surface area contributed by atoms with Crippen molar-refractivity contribution in [2.75, 3.05) is 26.7 Å². The lowest BCUT2D eigenvalue weighted by atomic mass is 9.99. The zero-order valence-electron chi connectivity index (χ0n) is 11.2. The van der Waals surface area contributed by atoms with Crippen molar-refractivity contribution in [2.45, 2.75) is 44.6 Å². The number of nitrogens with zero attached hydrogens (tertiary/aromatic N) is 2. The van der Waals surface area contributed by atoms with Gasteiger partial charge in [0.05, 0.1) is 0 Å². The summed E-state index contributed by atoms with van der Waals surface area (Å²) in [5, 5.41) is 0. The van der Waals surface area contributed by atoms with Crippen molar-refractivity contribution < 1.29 is 8.42 Å². The van der Waals surface area contributed by atoms with Crippen LogP contribution in [0.2, 0.25) is 0 Å². The van der Waals surface area contributed by atoms with Gasteiger partial charge in [0.2, 0.25) is 0 Å². The van der Waals surface area contributed by atoms with Gasteiger partial charge in [-0.3, -0.25) is 0 Å². The highest BCUT2D eigenvalue weighted by Gasteiger charge is 2.35. The van der Waals surface area contributed by atoms with Gasteiger partial charge in [-0.15, -0.1) is 0 Å². The Morgan fingerprint density at radius 3 is 2.22 bits per heavy atom. The largest absolute Gasteiger partial charge is 0.330 e. The summed E-state index contributed by atoms with van der Waals surface area (Å²) in [4.78, 5) is 0. The molecule has 0 aromatic heterocycles. The molecule has 0 spiro atoms. The van der Waals surface area contributed by atoms with Crippen molar-refractivity contribution in [3.63, 3.8) is 0 Å². The van der Waals surface area contributed by atoms with Gasteiger partial charge in [0.25, 0.3) is 10.2 Å². The van der Waals surface area contributed by atoms with E-state index in [1.807, 2.05) is 0 Å². The van der Waals surface area contributed by atoms with Crippen LogP contribution in [-0.2, 0) is 10.2 Å². The summed E-state index contributed by atoms with van der Waals surface area (Å²) in [5.41, 5.74) is 5.64. The van der Waals surface area contributed by atoms with E-state index in [-0.39, 0.29) is 6.04 Å². The molecular formula is C12H25N3O2S. The van der Waals surface area contributed by atoms with Gasteiger partial charge in [-0.25, -0.2) is 0 Å². The molecule has 2 N–H and O–H groups in total. The van der Waals surface area contributed by atoms with Crippen LogP contribution >= 0.6 is 0 Å². The predicted molar refractivity (Wildman–Crippen MR) is 72.3 cm³/mol. The Morgan fingerprint density at radius 2 is 1.72 bits per heavy atom. The molecule has 1 heterocycles. The van der Waals surface area contributed by atoms with Crippen LogP contribution in [0.1, 0.15) is 38.5 Å². The molecule has 1 aliphatic heterocycles. The summed E-state index contributed by atoms with van der Waals surface area (Å²) >= 11 is 0. The summed E-state index contributed by atoms with van der Waals surface area (Å²) in [6, 6.07) is 0.210. The van der Waals surface area contributed by atoms with Gasteiger partial charge in [-0.05, 0) is 38.1 Å². The maximum atomic E-state index is 12.5. The van der Waals surface area contributed by atoms with E-state index in [1.165, 1.54) is 0 Å². The minimum Gasteiger partial charge on any atom is -0.330 e. The molecule has 18 heavy (non-hydrogen) atoms. The normalized spacial score (nSPS) is 25.1. The molecule has 6 heteroatoms.